The minimum absolute atomic E-state index is 0.0203. The van der Waals surface area contributed by atoms with E-state index in [-0.39, 0.29) is 23.6 Å². The largest absolute Gasteiger partial charge is 0.457 e. The van der Waals surface area contributed by atoms with E-state index < -0.39 is 11.8 Å². The molecule has 2 heterocycles. The van der Waals surface area contributed by atoms with E-state index in [1.807, 2.05) is 32.0 Å². The van der Waals surface area contributed by atoms with Crippen LogP contribution in [0.15, 0.2) is 57.5 Å². The number of halogens is 1. The quantitative estimate of drug-likeness (QED) is 0.548. The van der Waals surface area contributed by atoms with Crippen LogP contribution < -0.4 is 0 Å². The number of carbonyl (C=O) groups excluding carboxylic acids is 2. The first-order valence-electron chi connectivity index (χ1n) is 8.86. The summed E-state index contributed by atoms with van der Waals surface area (Å²) in [5.41, 5.74) is 1.43. The van der Waals surface area contributed by atoms with E-state index in [9.17, 15) is 14.9 Å². The lowest BCUT2D eigenvalue weighted by Gasteiger charge is -2.28. The number of rotatable bonds is 4. The Balaban J connectivity index is 2.02. The molecule has 3 rings (SSSR count). The van der Waals surface area contributed by atoms with Crippen molar-refractivity contribution in [2.45, 2.75) is 20.8 Å². The Kier molecular flexibility index (Phi) is 5.53. The third-order valence-corrected chi connectivity index (χ3v) is 4.63. The van der Waals surface area contributed by atoms with Crippen LogP contribution in [0.1, 0.15) is 26.5 Å². The molecule has 6 heteroatoms. The van der Waals surface area contributed by atoms with Gasteiger partial charge in [-0.3, -0.25) is 14.5 Å². The fraction of sp³-hybridized carbons (Fsp3) is 0.227. The van der Waals surface area contributed by atoms with Crippen molar-refractivity contribution in [2.24, 2.45) is 5.92 Å². The molecule has 0 unspecified atom stereocenters. The fourth-order valence-corrected chi connectivity index (χ4v) is 3.22. The van der Waals surface area contributed by atoms with Crippen LogP contribution in [0.2, 0.25) is 5.02 Å². The van der Waals surface area contributed by atoms with Gasteiger partial charge in [-0.25, -0.2) is 0 Å². The summed E-state index contributed by atoms with van der Waals surface area (Å²) in [6.07, 6.45) is 1.57. The molecule has 0 aliphatic carbocycles. The molecule has 1 aliphatic heterocycles. The highest BCUT2D eigenvalue weighted by Gasteiger charge is 2.35. The van der Waals surface area contributed by atoms with Gasteiger partial charge in [-0.05, 0) is 48.8 Å². The molecular formula is C22H19ClN2O3. The monoisotopic (exact) mass is 394 g/mol. The third kappa shape index (κ3) is 3.78. The van der Waals surface area contributed by atoms with Crippen molar-refractivity contribution in [1.82, 2.24) is 4.90 Å². The predicted molar refractivity (Wildman–Crippen MR) is 107 cm³/mol. The Labute approximate surface area is 168 Å². The first-order valence-corrected chi connectivity index (χ1v) is 9.24. The summed E-state index contributed by atoms with van der Waals surface area (Å²) < 4.78 is 5.84. The zero-order valence-corrected chi connectivity index (χ0v) is 16.6. The van der Waals surface area contributed by atoms with Crippen LogP contribution >= 0.6 is 11.6 Å². The summed E-state index contributed by atoms with van der Waals surface area (Å²) in [5, 5.41) is 10.00. The highest BCUT2D eigenvalue weighted by molar-refractivity contribution is 6.30. The van der Waals surface area contributed by atoms with E-state index in [4.69, 9.17) is 16.0 Å². The van der Waals surface area contributed by atoms with Gasteiger partial charge in [0.1, 0.15) is 23.2 Å². The molecule has 2 aromatic rings. The van der Waals surface area contributed by atoms with Crippen molar-refractivity contribution in [2.75, 3.05) is 6.54 Å². The highest BCUT2D eigenvalue weighted by atomic mass is 35.5. The third-order valence-electron chi connectivity index (χ3n) is 4.40. The summed E-state index contributed by atoms with van der Waals surface area (Å²) >= 11 is 6.03. The van der Waals surface area contributed by atoms with Crippen molar-refractivity contribution >= 4 is 29.5 Å². The predicted octanol–water partition coefficient (Wildman–Crippen LogP) is 4.85. The van der Waals surface area contributed by atoms with Crippen molar-refractivity contribution in [3.05, 3.63) is 63.9 Å². The average Bonchev–Trinajstić information content (AvgIpc) is 3.11. The maximum absolute atomic E-state index is 12.9. The van der Waals surface area contributed by atoms with Gasteiger partial charge in [0, 0.05) is 22.7 Å². The molecule has 0 fully saturated rings. The van der Waals surface area contributed by atoms with Crippen LogP contribution in [0, 0.1) is 17.2 Å². The fourth-order valence-electron chi connectivity index (χ4n) is 3.03. The Morgan fingerprint density at radius 2 is 1.96 bits per heavy atom. The lowest BCUT2D eigenvalue weighted by molar-refractivity contribution is -0.141. The van der Waals surface area contributed by atoms with Gasteiger partial charge in [0.05, 0.1) is 0 Å². The molecule has 0 N–H and O–H groups in total. The van der Waals surface area contributed by atoms with Crippen LogP contribution in [-0.2, 0) is 9.59 Å². The van der Waals surface area contributed by atoms with E-state index in [0.717, 1.165) is 10.5 Å². The van der Waals surface area contributed by atoms with E-state index in [1.54, 1.807) is 37.3 Å². The van der Waals surface area contributed by atoms with Crippen LogP contribution in [0.4, 0.5) is 0 Å². The molecule has 0 bridgehead atoms. The average molecular weight is 395 g/mol. The van der Waals surface area contributed by atoms with E-state index in [1.165, 1.54) is 0 Å². The molecule has 5 nitrogen and oxygen atoms in total. The van der Waals surface area contributed by atoms with E-state index in [2.05, 4.69) is 0 Å². The molecule has 0 spiro atoms. The number of hydrogen-bond acceptors (Lipinski definition) is 4. The second kappa shape index (κ2) is 7.87. The van der Waals surface area contributed by atoms with Crippen molar-refractivity contribution < 1.29 is 14.0 Å². The lowest BCUT2D eigenvalue weighted by Crippen LogP contribution is -2.44. The Bertz CT molecular complexity index is 1050. The number of nitriles is 1. The summed E-state index contributed by atoms with van der Waals surface area (Å²) in [5.74, 6) is 0.181. The zero-order chi connectivity index (χ0) is 20.4. The second-order valence-electron chi connectivity index (χ2n) is 7.00. The molecular weight excluding hydrogens is 376 g/mol. The molecule has 1 aromatic carbocycles. The maximum Gasteiger partial charge on any atom is 0.271 e. The van der Waals surface area contributed by atoms with Crippen molar-refractivity contribution in [3.8, 4) is 17.4 Å². The Hall–Kier alpha value is -3.10. The van der Waals surface area contributed by atoms with Gasteiger partial charge in [0.15, 0.2) is 0 Å². The van der Waals surface area contributed by atoms with Crippen LogP contribution in [0.3, 0.4) is 0 Å². The Morgan fingerprint density at radius 3 is 2.61 bits per heavy atom. The summed E-state index contributed by atoms with van der Waals surface area (Å²) in [4.78, 5) is 26.5. The van der Waals surface area contributed by atoms with Crippen LogP contribution in [-0.4, -0.2) is 23.3 Å². The maximum atomic E-state index is 12.9. The summed E-state index contributed by atoms with van der Waals surface area (Å²) in [6.45, 7) is 5.67. The second-order valence-corrected chi connectivity index (χ2v) is 7.43. The minimum Gasteiger partial charge on any atom is -0.457 e. The van der Waals surface area contributed by atoms with Gasteiger partial charge in [0.25, 0.3) is 11.8 Å². The number of amides is 2. The zero-order valence-electron chi connectivity index (χ0n) is 15.8. The van der Waals surface area contributed by atoms with Gasteiger partial charge < -0.3 is 4.42 Å². The molecule has 0 atom stereocenters. The van der Waals surface area contributed by atoms with Gasteiger partial charge in [-0.15, -0.1) is 0 Å². The molecule has 0 saturated heterocycles. The van der Waals surface area contributed by atoms with Gasteiger partial charge >= 0.3 is 0 Å². The standard InChI is InChI=1S/C22H19ClN2O3/c1-13(2)12-25-21(26)18(14(3)19(11-24)22(25)27)10-17-7-8-20(28-17)15-5-4-6-16(23)9-15/h4-10,13H,12H2,1-3H3/b18-10+. The van der Waals surface area contributed by atoms with Gasteiger partial charge in [-0.1, -0.05) is 37.6 Å². The van der Waals surface area contributed by atoms with E-state index >= 15 is 0 Å². The topological polar surface area (TPSA) is 74.3 Å². The normalized spacial score (nSPS) is 16.3. The molecule has 0 radical (unpaired) electrons. The lowest BCUT2D eigenvalue weighted by atomic mass is 9.94. The van der Waals surface area contributed by atoms with Crippen molar-refractivity contribution in [1.29, 1.82) is 5.26 Å². The van der Waals surface area contributed by atoms with Crippen LogP contribution in [0.5, 0.6) is 0 Å². The smallest absolute Gasteiger partial charge is 0.271 e. The first-order chi connectivity index (χ1) is 13.3. The number of nitrogens with zero attached hydrogens (tertiary/aromatic N) is 2. The van der Waals surface area contributed by atoms with Gasteiger partial charge in [-0.2, -0.15) is 5.26 Å². The molecule has 142 valence electrons. The Morgan fingerprint density at radius 1 is 1.21 bits per heavy atom. The highest BCUT2D eigenvalue weighted by Crippen LogP contribution is 2.30. The number of imide groups is 1. The number of furan rings is 1. The van der Waals surface area contributed by atoms with E-state index in [0.29, 0.717) is 22.1 Å². The van der Waals surface area contributed by atoms with Gasteiger partial charge in [0.2, 0.25) is 0 Å². The molecule has 0 saturated carbocycles. The summed E-state index contributed by atoms with van der Waals surface area (Å²) in [6, 6.07) is 12.7. The SMILES string of the molecule is CC1=C(C#N)C(=O)N(CC(C)C)C(=O)/C1=C/c1ccc(-c2cccc(Cl)c2)o1. The molecule has 1 aromatic heterocycles. The minimum atomic E-state index is -0.546. The number of benzene rings is 1. The molecule has 1 aliphatic rings. The van der Waals surface area contributed by atoms with Crippen LogP contribution in [0.25, 0.3) is 17.4 Å². The van der Waals surface area contributed by atoms with Crippen molar-refractivity contribution in [3.63, 3.8) is 0 Å². The number of carbonyl (C=O) groups is 2. The molecule has 28 heavy (non-hydrogen) atoms. The summed E-state index contributed by atoms with van der Waals surface area (Å²) in [7, 11) is 0. The first kappa shape index (κ1) is 19.7. The molecule has 2 amide bonds. The number of hydrogen-bond donors (Lipinski definition) is 0.